The number of benzene rings is 1. The van der Waals surface area contributed by atoms with Gasteiger partial charge in [0, 0.05) is 30.7 Å². The number of carbonyl (C=O) groups is 1. The van der Waals surface area contributed by atoms with Crippen LogP contribution in [-0.4, -0.2) is 55.2 Å². The van der Waals surface area contributed by atoms with E-state index in [0.717, 1.165) is 61.4 Å². The van der Waals surface area contributed by atoms with Gasteiger partial charge in [-0.25, -0.2) is 0 Å². The second-order valence-electron chi connectivity index (χ2n) is 6.40. The van der Waals surface area contributed by atoms with Crippen LogP contribution in [0.5, 0.6) is 0 Å². The van der Waals surface area contributed by atoms with Crippen molar-refractivity contribution in [2.45, 2.75) is 20.3 Å². The Kier molecular flexibility index (Phi) is 5.43. The van der Waals surface area contributed by atoms with E-state index < -0.39 is 0 Å². The van der Waals surface area contributed by atoms with Gasteiger partial charge in [-0.3, -0.25) is 14.7 Å². The maximum atomic E-state index is 12.6. The van der Waals surface area contributed by atoms with Crippen molar-refractivity contribution in [3.8, 4) is 0 Å². The minimum Gasteiger partial charge on any atom is -0.379 e. The highest BCUT2D eigenvalue weighted by atomic mass is 16.5. The summed E-state index contributed by atoms with van der Waals surface area (Å²) in [6.07, 6.45) is 0.951. The first-order chi connectivity index (χ1) is 11.6. The van der Waals surface area contributed by atoms with Crippen molar-refractivity contribution in [3.05, 3.63) is 41.1 Å². The largest absolute Gasteiger partial charge is 0.379 e. The summed E-state index contributed by atoms with van der Waals surface area (Å²) in [5.74, 6) is -0.0157. The Balaban J connectivity index is 1.62. The van der Waals surface area contributed by atoms with Gasteiger partial charge in [0.25, 0.3) is 5.91 Å². The van der Waals surface area contributed by atoms with Crippen molar-refractivity contribution in [1.82, 2.24) is 15.2 Å². The van der Waals surface area contributed by atoms with Gasteiger partial charge in [0.05, 0.1) is 24.3 Å². The average Bonchev–Trinajstić information content (AvgIpc) is 2.59. The van der Waals surface area contributed by atoms with Gasteiger partial charge in [-0.05, 0) is 45.0 Å². The van der Waals surface area contributed by atoms with Gasteiger partial charge in [0.2, 0.25) is 0 Å². The van der Waals surface area contributed by atoms with Gasteiger partial charge in [-0.1, -0.05) is 11.6 Å². The monoisotopic (exact) mass is 327 g/mol. The lowest BCUT2D eigenvalue weighted by atomic mass is 10.0. The number of nitrogens with zero attached hydrogens (tertiary/aromatic N) is 2. The standard InChI is InChI=1S/C19H25N3O2/c1-14-4-5-18-16(12-14)17(13-15(2)21-18)19(23)20-6-3-7-22-8-10-24-11-9-22/h4-5,12-13H,3,6-11H2,1-2H3,(H,20,23). The molecule has 1 aliphatic heterocycles. The zero-order chi connectivity index (χ0) is 16.9. The predicted molar refractivity (Wildman–Crippen MR) is 95.4 cm³/mol. The molecule has 0 bridgehead atoms. The van der Waals surface area contributed by atoms with E-state index in [2.05, 4.69) is 15.2 Å². The molecule has 0 unspecified atom stereocenters. The van der Waals surface area contributed by atoms with Crippen LogP contribution in [0.3, 0.4) is 0 Å². The van der Waals surface area contributed by atoms with Crippen molar-refractivity contribution < 1.29 is 9.53 Å². The van der Waals surface area contributed by atoms with Crippen LogP contribution < -0.4 is 5.32 Å². The van der Waals surface area contributed by atoms with E-state index in [1.165, 1.54) is 0 Å². The van der Waals surface area contributed by atoms with Crippen LogP contribution in [0.25, 0.3) is 10.9 Å². The minimum absolute atomic E-state index is 0.0157. The van der Waals surface area contributed by atoms with Crippen molar-refractivity contribution >= 4 is 16.8 Å². The van der Waals surface area contributed by atoms with Crippen LogP contribution in [0.15, 0.2) is 24.3 Å². The van der Waals surface area contributed by atoms with Crippen LogP contribution in [0.1, 0.15) is 28.0 Å². The lowest BCUT2D eigenvalue weighted by molar-refractivity contribution is 0.0374. The Hall–Kier alpha value is -1.98. The molecule has 1 aliphatic rings. The van der Waals surface area contributed by atoms with Crippen molar-refractivity contribution in [2.75, 3.05) is 39.4 Å². The number of hydrogen-bond acceptors (Lipinski definition) is 4. The van der Waals surface area contributed by atoms with Crippen molar-refractivity contribution in [1.29, 1.82) is 0 Å². The van der Waals surface area contributed by atoms with Gasteiger partial charge in [0.15, 0.2) is 0 Å². The topological polar surface area (TPSA) is 54.5 Å². The predicted octanol–water partition coefficient (Wildman–Crippen LogP) is 2.30. The fourth-order valence-corrected chi connectivity index (χ4v) is 3.08. The molecule has 2 aromatic rings. The number of aryl methyl sites for hydroxylation is 2. The number of amides is 1. The third-order valence-corrected chi connectivity index (χ3v) is 4.38. The number of pyridine rings is 1. The maximum absolute atomic E-state index is 12.6. The molecule has 1 aromatic carbocycles. The van der Waals surface area contributed by atoms with E-state index in [1.807, 2.05) is 38.1 Å². The zero-order valence-electron chi connectivity index (χ0n) is 14.5. The third kappa shape index (κ3) is 4.10. The summed E-state index contributed by atoms with van der Waals surface area (Å²) in [5.41, 5.74) is 3.59. The molecule has 5 nitrogen and oxygen atoms in total. The lowest BCUT2D eigenvalue weighted by Crippen LogP contribution is -2.38. The Morgan fingerprint density at radius 1 is 1.25 bits per heavy atom. The molecule has 3 rings (SSSR count). The first-order valence-corrected chi connectivity index (χ1v) is 8.60. The Bertz CT molecular complexity index is 724. The number of morpholine rings is 1. The van der Waals surface area contributed by atoms with Crippen LogP contribution in [0.2, 0.25) is 0 Å². The van der Waals surface area contributed by atoms with E-state index in [0.29, 0.717) is 12.1 Å². The number of rotatable bonds is 5. The molecule has 0 aliphatic carbocycles. The first-order valence-electron chi connectivity index (χ1n) is 8.60. The first kappa shape index (κ1) is 16.9. The highest BCUT2D eigenvalue weighted by Gasteiger charge is 2.13. The van der Waals surface area contributed by atoms with Crippen LogP contribution in [0, 0.1) is 13.8 Å². The maximum Gasteiger partial charge on any atom is 0.252 e. The number of hydrogen-bond donors (Lipinski definition) is 1. The summed E-state index contributed by atoms with van der Waals surface area (Å²) in [4.78, 5) is 19.5. The van der Waals surface area contributed by atoms with Crippen LogP contribution in [0.4, 0.5) is 0 Å². The molecule has 1 fully saturated rings. The Morgan fingerprint density at radius 3 is 2.83 bits per heavy atom. The average molecular weight is 327 g/mol. The number of aromatic nitrogens is 1. The number of nitrogens with one attached hydrogen (secondary N) is 1. The minimum atomic E-state index is -0.0157. The summed E-state index contributed by atoms with van der Waals surface area (Å²) in [6.45, 7) is 9.24. The summed E-state index contributed by atoms with van der Waals surface area (Å²) in [7, 11) is 0. The van der Waals surface area contributed by atoms with E-state index in [1.54, 1.807) is 0 Å². The number of carbonyl (C=O) groups excluding carboxylic acids is 1. The van der Waals surface area contributed by atoms with Gasteiger partial charge in [-0.2, -0.15) is 0 Å². The molecule has 1 amide bonds. The molecule has 0 atom stereocenters. The Labute approximate surface area is 143 Å². The molecule has 1 N–H and O–H groups in total. The van der Waals surface area contributed by atoms with E-state index in [9.17, 15) is 4.79 Å². The molecule has 0 saturated carbocycles. The van der Waals surface area contributed by atoms with Gasteiger partial charge < -0.3 is 10.1 Å². The van der Waals surface area contributed by atoms with Gasteiger partial charge >= 0.3 is 0 Å². The molecule has 1 saturated heterocycles. The molecule has 0 spiro atoms. The molecule has 2 heterocycles. The van der Waals surface area contributed by atoms with E-state index >= 15 is 0 Å². The number of ether oxygens (including phenoxy) is 1. The smallest absolute Gasteiger partial charge is 0.252 e. The second-order valence-corrected chi connectivity index (χ2v) is 6.40. The normalized spacial score (nSPS) is 15.6. The van der Waals surface area contributed by atoms with E-state index in [4.69, 9.17) is 4.74 Å². The summed E-state index contributed by atoms with van der Waals surface area (Å²) in [5, 5.41) is 3.98. The molecule has 0 radical (unpaired) electrons. The zero-order valence-corrected chi connectivity index (χ0v) is 14.5. The Morgan fingerprint density at radius 2 is 2.04 bits per heavy atom. The lowest BCUT2D eigenvalue weighted by Gasteiger charge is -2.26. The van der Waals surface area contributed by atoms with Crippen LogP contribution >= 0.6 is 0 Å². The number of fused-ring (bicyclic) bond motifs is 1. The summed E-state index contributed by atoms with van der Waals surface area (Å²) < 4.78 is 5.35. The molecule has 128 valence electrons. The van der Waals surface area contributed by atoms with Crippen molar-refractivity contribution in [2.24, 2.45) is 0 Å². The molecular formula is C19H25N3O2. The molecule has 24 heavy (non-hydrogen) atoms. The SMILES string of the molecule is Cc1ccc2nc(C)cc(C(=O)NCCCN3CCOCC3)c2c1. The third-order valence-electron chi connectivity index (χ3n) is 4.38. The van der Waals surface area contributed by atoms with Crippen LogP contribution in [-0.2, 0) is 4.74 Å². The molecule has 5 heteroatoms. The quantitative estimate of drug-likeness (QED) is 0.856. The van der Waals surface area contributed by atoms with Crippen molar-refractivity contribution in [3.63, 3.8) is 0 Å². The van der Waals surface area contributed by atoms with Gasteiger partial charge in [-0.15, -0.1) is 0 Å². The summed E-state index contributed by atoms with van der Waals surface area (Å²) in [6, 6.07) is 7.91. The second kappa shape index (κ2) is 7.73. The van der Waals surface area contributed by atoms with E-state index in [-0.39, 0.29) is 5.91 Å². The summed E-state index contributed by atoms with van der Waals surface area (Å²) >= 11 is 0. The molecular weight excluding hydrogens is 302 g/mol. The highest BCUT2D eigenvalue weighted by Crippen LogP contribution is 2.20. The highest BCUT2D eigenvalue weighted by molar-refractivity contribution is 6.06. The molecule has 1 aromatic heterocycles. The fraction of sp³-hybridized carbons (Fsp3) is 0.474. The van der Waals surface area contributed by atoms with Gasteiger partial charge in [0.1, 0.15) is 0 Å². The fourth-order valence-electron chi connectivity index (χ4n) is 3.08.